The van der Waals surface area contributed by atoms with Gasteiger partial charge in [0.2, 0.25) is 0 Å². The number of hydrogen-bond donors (Lipinski definition) is 1. The highest BCUT2D eigenvalue weighted by Gasteiger charge is 2.39. The van der Waals surface area contributed by atoms with Crippen LogP contribution in [0.3, 0.4) is 0 Å². The lowest BCUT2D eigenvalue weighted by molar-refractivity contribution is -0.189. The van der Waals surface area contributed by atoms with Gasteiger partial charge < -0.3 is 0 Å². The molecular formula is C3H5F3O4S. The molecule has 0 aliphatic carbocycles. The van der Waals surface area contributed by atoms with E-state index in [9.17, 15) is 21.6 Å². The van der Waals surface area contributed by atoms with Crippen molar-refractivity contribution in [3.8, 4) is 0 Å². The quantitative estimate of drug-likeness (QED) is 0.659. The Bertz CT molecular complexity index is 217. The molecular weight excluding hydrogens is 189 g/mol. The van der Waals surface area contributed by atoms with Crippen molar-refractivity contribution in [2.24, 2.45) is 0 Å². The van der Waals surface area contributed by atoms with Crippen molar-refractivity contribution in [2.45, 2.75) is 19.2 Å². The Labute approximate surface area is 60.9 Å². The predicted molar refractivity (Wildman–Crippen MR) is 28.2 cm³/mol. The van der Waals surface area contributed by atoms with Gasteiger partial charge >= 0.3 is 16.6 Å². The highest BCUT2D eigenvalue weighted by Crippen LogP contribution is 2.23. The Balaban J connectivity index is 4.21. The van der Waals surface area contributed by atoms with E-state index in [-0.39, 0.29) is 0 Å². The van der Waals surface area contributed by atoms with E-state index in [1.807, 2.05) is 0 Å². The zero-order valence-corrected chi connectivity index (χ0v) is 6.11. The van der Waals surface area contributed by atoms with Crippen LogP contribution in [0.1, 0.15) is 6.92 Å². The fourth-order valence-electron chi connectivity index (χ4n) is 0.237. The Morgan fingerprint density at radius 3 is 1.91 bits per heavy atom. The van der Waals surface area contributed by atoms with Crippen molar-refractivity contribution in [2.75, 3.05) is 0 Å². The van der Waals surface area contributed by atoms with E-state index in [4.69, 9.17) is 4.55 Å². The highest BCUT2D eigenvalue weighted by atomic mass is 32.3. The van der Waals surface area contributed by atoms with Crippen LogP contribution in [-0.4, -0.2) is 25.3 Å². The van der Waals surface area contributed by atoms with Gasteiger partial charge in [0.25, 0.3) is 0 Å². The second kappa shape index (κ2) is 2.95. The first kappa shape index (κ1) is 10.7. The Morgan fingerprint density at radius 1 is 1.45 bits per heavy atom. The van der Waals surface area contributed by atoms with Crippen molar-refractivity contribution in [3.05, 3.63) is 0 Å². The molecule has 0 spiro atoms. The third-order valence-electron chi connectivity index (χ3n) is 0.727. The van der Waals surface area contributed by atoms with Gasteiger partial charge in [0.05, 0.1) is 0 Å². The van der Waals surface area contributed by atoms with Crippen molar-refractivity contribution in [1.82, 2.24) is 0 Å². The van der Waals surface area contributed by atoms with E-state index < -0.39 is 22.7 Å². The molecule has 0 saturated carbocycles. The third kappa shape index (κ3) is 4.99. The van der Waals surface area contributed by atoms with Crippen LogP contribution < -0.4 is 0 Å². The fraction of sp³-hybridized carbons (Fsp3) is 1.00. The van der Waals surface area contributed by atoms with Crippen LogP contribution >= 0.6 is 0 Å². The first-order valence-electron chi connectivity index (χ1n) is 2.35. The van der Waals surface area contributed by atoms with Crippen molar-refractivity contribution >= 4 is 10.4 Å². The summed E-state index contributed by atoms with van der Waals surface area (Å²) in [7, 11) is -5.03. The monoisotopic (exact) mass is 194 g/mol. The van der Waals surface area contributed by atoms with Crippen molar-refractivity contribution in [1.29, 1.82) is 0 Å². The van der Waals surface area contributed by atoms with E-state index in [2.05, 4.69) is 4.18 Å². The molecule has 0 aliphatic heterocycles. The van der Waals surface area contributed by atoms with Crippen molar-refractivity contribution < 1.29 is 30.3 Å². The second-order valence-electron chi connectivity index (χ2n) is 1.71. The lowest BCUT2D eigenvalue weighted by atomic mass is 10.4. The van der Waals surface area contributed by atoms with Gasteiger partial charge in [-0.25, -0.2) is 4.18 Å². The molecule has 0 radical (unpaired) electrons. The summed E-state index contributed by atoms with van der Waals surface area (Å²) in [4.78, 5) is 0. The topological polar surface area (TPSA) is 63.6 Å². The van der Waals surface area contributed by atoms with Gasteiger partial charge in [-0.15, -0.1) is 0 Å². The Morgan fingerprint density at radius 2 is 1.82 bits per heavy atom. The molecule has 68 valence electrons. The maximum absolute atomic E-state index is 11.5. The molecule has 1 N–H and O–H groups in total. The highest BCUT2D eigenvalue weighted by molar-refractivity contribution is 7.80. The molecule has 0 amide bonds. The van der Waals surface area contributed by atoms with E-state index >= 15 is 0 Å². The summed E-state index contributed by atoms with van der Waals surface area (Å²) in [5.41, 5.74) is 0. The van der Waals surface area contributed by atoms with Crippen LogP contribution in [0.5, 0.6) is 0 Å². The summed E-state index contributed by atoms with van der Waals surface area (Å²) >= 11 is 0. The molecule has 0 rings (SSSR count). The molecule has 0 aliphatic rings. The summed E-state index contributed by atoms with van der Waals surface area (Å²) in [6.45, 7) is 0.466. The molecule has 0 fully saturated rings. The molecule has 11 heavy (non-hydrogen) atoms. The smallest absolute Gasteiger partial charge is 0.264 e. The van der Waals surface area contributed by atoms with Gasteiger partial charge in [-0.05, 0) is 6.92 Å². The minimum Gasteiger partial charge on any atom is -0.264 e. The Hall–Kier alpha value is -0.340. The molecule has 0 bridgehead atoms. The number of halogens is 3. The standard InChI is InChI=1S/C3H5F3O4S/c1-2(3(4,5)6)10-11(7,8)9/h2H,1H3,(H,7,8,9). The zero-order valence-electron chi connectivity index (χ0n) is 5.29. The average Bonchev–Trinajstić information content (AvgIpc) is 1.56. The number of alkyl halides is 3. The number of hydrogen-bond acceptors (Lipinski definition) is 3. The van der Waals surface area contributed by atoms with Crippen LogP contribution in [0.4, 0.5) is 13.2 Å². The number of rotatable bonds is 2. The molecule has 0 saturated heterocycles. The molecule has 0 aromatic heterocycles. The van der Waals surface area contributed by atoms with Crippen molar-refractivity contribution in [3.63, 3.8) is 0 Å². The minimum atomic E-state index is -5.03. The van der Waals surface area contributed by atoms with Crippen LogP contribution in [0.2, 0.25) is 0 Å². The van der Waals surface area contributed by atoms with Crippen LogP contribution in [0.15, 0.2) is 0 Å². The van der Waals surface area contributed by atoms with E-state index in [1.165, 1.54) is 0 Å². The first-order valence-corrected chi connectivity index (χ1v) is 3.72. The summed E-state index contributed by atoms with van der Waals surface area (Å²) < 4.78 is 64.9. The van der Waals surface area contributed by atoms with Crippen LogP contribution in [-0.2, 0) is 14.6 Å². The molecule has 1 unspecified atom stereocenters. The van der Waals surface area contributed by atoms with Gasteiger partial charge in [-0.1, -0.05) is 0 Å². The van der Waals surface area contributed by atoms with Gasteiger partial charge in [-0.3, -0.25) is 4.55 Å². The summed E-state index contributed by atoms with van der Waals surface area (Å²) in [6, 6.07) is 0. The maximum atomic E-state index is 11.5. The van der Waals surface area contributed by atoms with Gasteiger partial charge in [0.1, 0.15) is 0 Å². The van der Waals surface area contributed by atoms with E-state index in [1.54, 1.807) is 0 Å². The third-order valence-corrected chi connectivity index (χ3v) is 1.26. The van der Waals surface area contributed by atoms with E-state index in [0.29, 0.717) is 6.92 Å². The SMILES string of the molecule is CC(OS(=O)(=O)O)C(F)(F)F. The lowest BCUT2D eigenvalue weighted by Crippen LogP contribution is -2.30. The lowest BCUT2D eigenvalue weighted by Gasteiger charge is -2.12. The Kier molecular flexibility index (Phi) is 2.86. The molecule has 0 aromatic carbocycles. The summed E-state index contributed by atoms with van der Waals surface area (Å²) in [6.07, 6.45) is -7.33. The van der Waals surface area contributed by atoms with E-state index in [0.717, 1.165) is 0 Å². The molecule has 1 atom stereocenters. The molecule has 0 heterocycles. The average molecular weight is 194 g/mol. The zero-order chi connectivity index (χ0) is 9.28. The largest absolute Gasteiger partial charge is 0.415 e. The maximum Gasteiger partial charge on any atom is 0.415 e. The second-order valence-corrected chi connectivity index (χ2v) is 2.76. The molecule has 0 aromatic rings. The molecule has 8 heteroatoms. The molecule has 4 nitrogen and oxygen atoms in total. The normalized spacial score (nSPS) is 16.5. The summed E-state index contributed by atoms with van der Waals surface area (Å²) in [5, 5.41) is 0. The van der Waals surface area contributed by atoms with Gasteiger partial charge in [0, 0.05) is 0 Å². The first-order chi connectivity index (χ1) is 4.63. The predicted octanol–water partition coefficient (Wildman–Crippen LogP) is 0.757. The fourth-order valence-corrected chi connectivity index (χ4v) is 0.711. The van der Waals surface area contributed by atoms with Gasteiger partial charge in [-0.2, -0.15) is 21.6 Å². The van der Waals surface area contributed by atoms with Crippen LogP contribution in [0.25, 0.3) is 0 Å². The minimum absolute atomic E-state index is 0.466. The van der Waals surface area contributed by atoms with Crippen LogP contribution in [0, 0.1) is 0 Å². The van der Waals surface area contributed by atoms with Gasteiger partial charge in [0.15, 0.2) is 6.10 Å². The summed E-state index contributed by atoms with van der Waals surface area (Å²) in [5.74, 6) is 0.